The summed E-state index contributed by atoms with van der Waals surface area (Å²) in [4.78, 5) is 26.0. The van der Waals surface area contributed by atoms with Crippen LogP contribution in [-0.4, -0.2) is 24.4 Å². The fourth-order valence-corrected chi connectivity index (χ4v) is 4.94. The molecule has 0 aliphatic heterocycles. The molecule has 194 valence electrons. The first-order valence-electron chi connectivity index (χ1n) is 11.8. The third-order valence-electron chi connectivity index (χ3n) is 5.36. The van der Waals surface area contributed by atoms with Crippen LogP contribution in [0.5, 0.6) is 17.2 Å². The topological polar surface area (TPSA) is 86.2 Å². The maximum absolute atomic E-state index is 12.9. The lowest BCUT2D eigenvalue weighted by molar-refractivity contribution is -0.140. The third kappa shape index (κ3) is 6.62. The van der Waals surface area contributed by atoms with Gasteiger partial charge in [-0.2, -0.15) is 5.10 Å². The summed E-state index contributed by atoms with van der Waals surface area (Å²) >= 11 is 7.68. The summed E-state index contributed by atoms with van der Waals surface area (Å²) in [6.07, 6.45) is 0.134. The van der Waals surface area contributed by atoms with E-state index >= 15 is 0 Å². The summed E-state index contributed by atoms with van der Waals surface area (Å²) in [5.41, 5.74) is 3.03. The summed E-state index contributed by atoms with van der Waals surface area (Å²) in [5, 5.41) is 5.19. The highest BCUT2D eigenvalue weighted by Crippen LogP contribution is 2.35. The molecule has 0 unspecified atom stereocenters. The van der Waals surface area contributed by atoms with Crippen molar-refractivity contribution in [1.29, 1.82) is 0 Å². The highest BCUT2D eigenvalue weighted by molar-refractivity contribution is 7.21. The number of nitrogens with zero attached hydrogens (tertiary/aromatic N) is 1. The second-order valence-electron chi connectivity index (χ2n) is 8.13. The van der Waals surface area contributed by atoms with Gasteiger partial charge in [0.25, 0.3) is 0 Å². The summed E-state index contributed by atoms with van der Waals surface area (Å²) in [5.74, 6) is 0.0710. The normalized spacial score (nSPS) is 11.0. The smallest absolute Gasteiger partial charge is 0.355 e. The Balaban J connectivity index is 1.25. The van der Waals surface area contributed by atoms with Crippen LogP contribution in [0.4, 0.5) is 0 Å². The van der Waals surface area contributed by atoms with E-state index in [0.29, 0.717) is 32.7 Å². The number of halogens is 1. The van der Waals surface area contributed by atoms with E-state index in [1.807, 2.05) is 36.4 Å². The van der Waals surface area contributed by atoms with Crippen LogP contribution in [0.25, 0.3) is 10.1 Å². The number of carbonyl (C=O) groups excluding carboxylic acids is 2. The number of hydrogen-bond acceptors (Lipinski definition) is 7. The van der Waals surface area contributed by atoms with Gasteiger partial charge in [0.15, 0.2) is 0 Å². The van der Waals surface area contributed by atoms with Crippen LogP contribution in [-0.2, 0) is 4.79 Å². The Morgan fingerprint density at radius 1 is 0.795 bits per heavy atom. The molecule has 1 heterocycles. The molecule has 0 saturated carbocycles. The highest BCUT2D eigenvalue weighted by atomic mass is 35.5. The van der Waals surface area contributed by atoms with E-state index in [4.69, 9.17) is 25.8 Å². The molecule has 39 heavy (non-hydrogen) atoms. The van der Waals surface area contributed by atoms with Gasteiger partial charge in [0, 0.05) is 10.1 Å². The molecule has 0 aliphatic carbocycles. The average molecular weight is 557 g/mol. The minimum Gasteiger partial charge on any atom is -0.446 e. The van der Waals surface area contributed by atoms with Gasteiger partial charge in [-0.15, -0.1) is 11.3 Å². The number of esters is 1. The molecular weight excluding hydrogens is 536 g/mol. The molecule has 0 fully saturated rings. The highest BCUT2D eigenvalue weighted by Gasteiger charge is 2.23. The van der Waals surface area contributed by atoms with Crippen molar-refractivity contribution in [1.82, 2.24) is 5.43 Å². The number of hydrogen-bond donors (Lipinski definition) is 1. The molecule has 7 nitrogen and oxygen atoms in total. The van der Waals surface area contributed by atoms with Crippen LogP contribution < -0.4 is 19.6 Å². The summed E-state index contributed by atoms with van der Waals surface area (Å²) in [7, 11) is 0. The molecule has 1 N–H and O–H groups in total. The van der Waals surface area contributed by atoms with Gasteiger partial charge in [0.1, 0.15) is 22.1 Å². The molecule has 0 bridgehead atoms. The van der Waals surface area contributed by atoms with Gasteiger partial charge >= 0.3 is 18.2 Å². The van der Waals surface area contributed by atoms with Gasteiger partial charge in [-0.05, 0) is 48.0 Å². The number of nitrogens with one attached hydrogen (secondary N) is 1. The van der Waals surface area contributed by atoms with Crippen molar-refractivity contribution < 1.29 is 23.8 Å². The van der Waals surface area contributed by atoms with Crippen LogP contribution in [0.15, 0.2) is 114 Å². The number of amides is 1. The minimum absolute atomic E-state index is 0.307. The van der Waals surface area contributed by atoms with Crippen molar-refractivity contribution in [2.24, 2.45) is 5.10 Å². The van der Waals surface area contributed by atoms with Crippen molar-refractivity contribution in [3.8, 4) is 17.2 Å². The summed E-state index contributed by atoms with van der Waals surface area (Å²) in [6, 6.07) is 31.9. The van der Waals surface area contributed by atoms with Gasteiger partial charge in [-0.3, -0.25) is 4.79 Å². The van der Waals surface area contributed by atoms with E-state index in [9.17, 15) is 9.59 Å². The zero-order chi connectivity index (χ0) is 27.0. The first-order valence-corrected chi connectivity index (χ1v) is 13.0. The molecular formula is C30H21ClN2O5S. The molecule has 0 radical (unpaired) electrons. The van der Waals surface area contributed by atoms with E-state index in [1.165, 1.54) is 17.6 Å². The molecule has 0 atom stereocenters. The number of hydrazone groups is 1. The number of benzene rings is 4. The van der Waals surface area contributed by atoms with E-state index < -0.39 is 18.2 Å². The molecule has 0 spiro atoms. The van der Waals surface area contributed by atoms with E-state index in [0.717, 1.165) is 10.1 Å². The minimum atomic E-state index is -1.29. The molecule has 4 aromatic carbocycles. The third-order valence-corrected chi connectivity index (χ3v) is 7.02. The Bertz CT molecular complexity index is 1580. The molecule has 5 aromatic rings. The molecule has 0 saturated heterocycles. The van der Waals surface area contributed by atoms with Gasteiger partial charge in [0.05, 0.1) is 11.2 Å². The molecule has 9 heteroatoms. The summed E-state index contributed by atoms with van der Waals surface area (Å²) < 4.78 is 17.9. The fraction of sp³-hybridized carbons (Fsp3) is 0.0333. The number of ether oxygens (including phenoxy) is 3. The standard InChI is InChI=1S/C30H21ClN2O5S/c31-26-24-16-7-8-17-25(24)39-27(26)29(35)36-23-15-9-10-20(18-23)19-32-33-28(34)30(37-21-11-3-1-4-12-21)38-22-13-5-2-6-14-22/h1-19,30H,(H,33,34)/b32-19-. The Labute approximate surface area is 233 Å². The Morgan fingerprint density at radius 3 is 2.08 bits per heavy atom. The molecule has 1 amide bonds. The van der Waals surface area contributed by atoms with Crippen molar-refractivity contribution in [2.45, 2.75) is 6.29 Å². The van der Waals surface area contributed by atoms with Crippen molar-refractivity contribution in [3.05, 3.63) is 125 Å². The largest absolute Gasteiger partial charge is 0.446 e. The predicted molar refractivity (Wildman–Crippen MR) is 152 cm³/mol. The lowest BCUT2D eigenvalue weighted by atomic mass is 10.2. The maximum Gasteiger partial charge on any atom is 0.355 e. The Hall–Kier alpha value is -4.66. The molecule has 0 aliphatic rings. The Kier molecular flexibility index (Phi) is 8.16. The van der Waals surface area contributed by atoms with Crippen LogP contribution in [0, 0.1) is 0 Å². The van der Waals surface area contributed by atoms with Gasteiger partial charge < -0.3 is 14.2 Å². The van der Waals surface area contributed by atoms with Crippen LogP contribution in [0.1, 0.15) is 15.2 Å². The number of rotatable bonds is 9. The number of carbonyl (C=O) groups is 2. The summed E-state index contributed by atoms with van der Waals surface area (Å²) in [6.45, 7) is 0. The van der Waals surface area contributed by atoms with Gasteiger partial charge in [-0.25, -0.2) is 10.2 Å². The second kappa shape index (κ2) is 12.3. The molecule has 1 aromatic heterocycles. The van der Waals surface area contributed by atoms with Crippen LogP contribution >= 0.6 is 22.9 Å². The first kappa shape index (κ1) is 26.0. The van der Waals surface area contributed by atoms with Crippen molar-refractivity contribution in [2.75, 3.05) is 0 Å². The fourth-order valence-electron chi connectivity index (χ4n) is 3.56. The van der Waals surface area contributed by atoms with Crippen molar-refractivity contribution >= 4 is 51.1 Å². The van der Waals surface area contributed by atoms with E-state index in [2.05, 4.69) is 10.5 Å². The number of para-hydroxylation sites is 2. The van der Waals surface area contributed by atoms with E-state index in [-0.39, 0.29) is 0 Å². The zero-order valence-electron chi connectivity index (χ0n) is 20.3. The average Bonchev–Trinajstić information content (AvgIpc) is 3.30. The van der Waals surface area contributed by atoms with Gasteiger partial charge in [-0.1, -0.05) is 78.3 Å². The SMILES string of the molecule is O=C(Oc1cccc(/C=N\NC(=O)C(Oc2ccccc2)Oc2ccccc2)c1)c1sc2ccccc2c1Cl. The Morgan fingerprint density at radius 2 is 1.41 bits per heavy atom. The molecule has 5 rings (SSSR count). The van der Waals surface area contributed by atoms with Crippen molar-refractivity contribution in [3.63, 3.8) is 0 Å². The van der Waals surface area contributed by atoms with E-state index in [1.54, 1.807) is 72.8 Å². The first-order chi connectivity index (χ1) is 19.1. The lowest BCUT2D eigenvalue weighted by Crippen LogP contribution is -2.40. The number of fused-ring (bicyclic) bond motifs is 1. The maximum atomic E-state index is 12.9. The predicted octanol–water partition coefficient (Wildman–Crippen LogP) is 6.71. The quantitative estimate of drug-likeness (QED) is 0.0717. The zero-order valence-corrected chi connectivity index (χ0v) is 21.9. The monoisotopic (exact) mass is 556 g/mol. The number of thiophene rings is 1. The van der Waals surface area contributed by atoms with Crippen LogP contribution in [0.3, 0.4) is 0 Å². The second-order valence-corrected chi connectivity index (χ2v) is 9.56. The van der Waals surface area contributed by atoms with Crippen LogP contribution in [0.2, 0.25) is 5.02 Å². The van der Waals surface area contributed by atoms with Gasteiger partial charge in [0.2, 0.25) is 0 Å². The lowest BCUT2D eigenvalue weighted by Gasteiger charge is -2.18.